The van der Waals surface area contributed by atoms with Gasteiger partial charge in [-0.25, -0.2) is 0 Å². The van der Waals surface area contributed by atoms with Crippen LogP contribution in [0.1, 0.15) is 24.2 Å². The van der Waals surface area contributed by atoms with Crippen LogP contribution in [0.2, 0.25) is 5.02 Å². The molecule has 1 aromatic rings. The minimum absolute atomic E-state index is 0.0890. The van der Waals surface area contributed by atoms with Gasteiger partial charge in [0.15, 0.2) is 0 Å². The fourth-order valence-corrected chi connectivity index (χ4v) is 2.66. The molecule has 0 aliphatic carbocycles. The lowest BCUT2D eigenvalue weighted by molar-refractivity contribution is 0.0930. The highest BCUT2D eigenvalue weighted by Crippen LogP contribution is 2.21. The maximum absolute atomic E-state index is 12.0. The van der Waals surface area contributed by atoms with Crippen LogP contribution >= 0.6 is 43.5 Å². The van der Waals surface area contributed by atoms with E-state index in [1.54, 1.807) is 18.2 Å². The van der Waals surface area contributed by atoms with Gasteiger partial charge in [-0.05, 0) is 47.0 Å². The summed E-state index contributed by atoms with van der Waals surface area (Å²) in [5.74, 6) is 0.291. The molecule has 0 bridgehead atoms. The number of carbonyl (C=O) groups is 1. The van der Waals surface area contributed by atoms with Gasteiger partial charge in [-0.3, -0.25) is 4.79 Å². The first kappa shape index (κ1) is 15.0. The van der Waals surface area contributed by atoms with Crippen LogP contribution in [-0.2, 0) is 0 Å². The Morgan fingerprint density at radius 3 is 2.65 bits per heavy atom. The lowest BCUT2D eigenvalue weighted by Gasteiger charge is -2.19. The fourth-order valence-electron chi connectivity index (χ4n) is 1.23. The summed E-state index contributed by atoms with van der Waals surface area (Å²) in [5, 5.41) is 4.43. The van der Waals surface area contributed by atoms with Crippen LogP contribution in [0.25, 0.3) is 0 Å². The van der Waals surface area contributed by atoms with Gasteiger partial charge in [0.2, 0.25) is 0 Å². The van der Waals surface area contributed by atoms with Gasteiger partial charge in [-0.1, -0.05) is 34.5 Å². The molecule has 0 saturated carbocycles. The molecule has 0 saturated heterocycles. The third-order valence-electron chi connectivity index (χ3n) is 2.63. The Kier molecular flexibility index (Phi) is 5.97. The predicted molar refractivity (Wildman–Crippen MR) is 79.0 cm³/mol. The minimum Gasteiger partial charge on any atom is -0.349 e. The van der Waals surface area contributed by atoms with Gasteiger partial charge < -0.3 is 5.32 Å². The summed E-state index contributed by atoms with van der Waals surface area (Å²) in [5.41, 5.74) is 0.600. The van der Waals surface area contributed by atoms with Crippen molar-refractivity contribution >= 4 is 49.4 Å². The van der Waals surface area contributed by atoms with E-state index >= 15 is 0 Å². The first-order valence-electron chi connectivity index (χ1n) is 5.27. The monoisotopic (exact) mass is 381 g/mol. The van der Waals surface area contributed by atoms with E-state index in [2.05, 4.69) is 44.1 Å². The summed E-state index contributed by atoms with van der Waals surface area (Å²) in [6.07, 6.45) is 0. The van der Waals surface area contributed by atoms with Gasteiger partial charge in [-0.15, -0.1) is 0 Å². The number of nitrogens with one attached hydrogen (secondary N) is 1. The number of benzene rings is 1. The van der Waals surface area contributed by atoms with Crippen LogP contribution < -0.4 is 5.32 Å². The van der Waals surface area contributed by atoms with Crippen LogP contribution in [0.3, 0.4) is 0 Å². The van der Waals surface area contributed by atoms with Crippen LogP contribution in [0, 0.1) is 5.92 Å². The molecular weight excluding hydrogens is 369 g/mol. The second-order valence-corrected chi connectivity index (χ2v) is 5.96. The quantitative estimate of drug-likeness (QED) is 0.774. The molecule has 0 spiro atoms. The van der Waals surface area contributed by atoms with Crippen molar-refractivity contribution in [2.24, 2.45) is 5.92 Å². The van der Waals surface area contributed by atoms with Gasteiger partial charge >= 0.3 is 0 Å². The van der Waals surface area contributed by atoms with Crippen molar-refractivity contribution in [3.8, 4) is 0 Å². The van der Waals surface area contributed by atoms with Crippen LogP contribution in [0.4, 0.5) is 0 Å². The number of hydrogen-bond donors (Lipinski definition) is 1. The van der Waals surface area contributed by atoms with Gasteiger partial charge in [0.1, 0.15) is 0 Å². The molecule has 1 rings (SSSR count). The van der Waals surface area contributed by atoms with E-state index in [1.807, 2.05) is 6.92 Å². The first-order valence-corrected chi connectivity index (χ1v) is 7.56. The first-order chi connectivity index (χ1) is 7.95. The standard InChI is InChI=1S/C12H14Br2ClNO/c1-7(6-13)8(2)16-12(17)10-4-3-9(15)5-11(10)14/h3-5,7-8H,6H2,1-2H3,(H,16,17). The van der Waals surface area contributed by atoms with Crippen molar-refractivity contribution in [3.05, 3.63) is 33.3 Å². The maximum atomic E-state index is 12.0. The third-order valence-corrected chi connectivity index (χ3v) is 4.54. The summed E-state index contributed by atoms with van der Waals surface area (Å²) in [7, 11) is 0. The second kappa shape index (κ2) is 6.76. The van der Waals surface area contributed by atoms with Gasteiger partial charge in [-0.2, -0.15) is 0 Å². The number of amides is 1. The number of carbonyl (C=O) groups excluding carboxylic acids is 1. The zero-order chi connectivity index (χ0) is 13.0. The molecule has 0 fully saturated rings. The van der Waals surface area contributed by atoms with E-state index in [1.165, 1.54) is 0 Å². The number of rotatable bonds is 4. The molecular formula is C12H14Br2ClNO. The van der Waals surface area contributed by atoms with Crippen molar-refractivity contribution in [1.29, 1.82) is 0 Å². The fraction of sp³-hybridized carbons (Fsp3) is 0.417. The van der Waals surface area contributed by atoms with Crippen molar-refractivity contribution in [2.75, 3.05) is 5.33 Å². The van der Waals surface area contributed by atoms with E-state index < -0.39 is 0 Å². The molecule has 0 radical (unpaired) electrons. The van der Waals surface area contributed by atoms with Gasteiger partial charge in [0.05, 0.1) is 5.56 Å². The van der Waals surface area contributed by atoms with Gasteiger partial charge in [0.25, 0.3) is 5.91 Å². The molecule has 2 unspecified atom stereocenters. The highest BCUT2D eigenvalue weighted by atomic mass is 79.9. The maximum Gasteiger partial charge on any atom is 0.252 e. The van der Waals surface area contributed by atoms with Crippen molar-refractivity contribution in [2.45, 2.75) is 19.9 Å². The summed E-state index contributed by atoms with van der Waals surface area (Å²) >= 11 is 12.6. The average Bonchev–Trinajstić information content (AvgIpc) is 2.27. The van der Waals surface area contributed by atoms with E-state index in [0.717, 1.165) is 5.33 Å². The zero-order valence-corrected chi connectivity index (χ0v) is 13.6. The number of halogens is 3. The third kappa shape index (κ3) is 4.27. The number of hydrogen-bond acceptors (Lipinski definition) is 1. The highest BCUT2D eigenvalue weighted by molar-refractivity contribution is 9.10. The summed E-state index contributed by atoms with van der Waals surface area (Å²) in [4.78, 5) is 12.0. The molecule has 2 atom stereocenters. The summed E-state index contributed by atoms with van der Waals surface area (Å²) < 4.78 is 0.709. The van der Waals surface area contributed by atoms with Crippen LogP contribution in [0.5, 0.6) is 0 Å². The molecule has 94 valence electrons. The predicted octanol–water partition coefficient (Wildman–Crippen LogP) is 4.25. The minimum atomic E-state index is -0.0890. The van der Waals surface area contributed by atoms with E-state index in [9.17, 15) is 4.79 Å². The Balaban J connectivity index is 2.76. The Morgan fingerprint density at radius 1 is 1.47 bits per heavy atom. The van der Waals surface area contributed by atoms with Gasteiger partial charge in [0, 0.05) is 20.9 Å². The Bertz CT molecular complexity index is 411. The molecule has 0 aliphatic rings. The molecule has 0 aromatic heterocycles. The number of alkyl halides is 1. The zero-order valence-electron chi connectivity index (χ0n) is 9.64. The molecule has 2 nitrogen and oxygen atoms in total. The van der Waals surface area contributed by atoms with Crippen LogP contribution in [0.15, 0.2) is 22.7 Å². The van der Waals surface area contributed by atoms with E-state index in [-0.39, 0.29) is 11.9 Å². The second-order valence-electron chi connectivity index (χ2n) is 4.02. The summed E-state index contributed by atoms with van der Waals surface area (Å²) in [6.45, 7) is 4.07. The lowest BCUT2D eigenvalue weighted by atomic mass is 10.1. The van der Waals surface area contributed by atoms with E-state index in [0.29, 0.717) is 21.0 Å². The van der Waals surface area contributed by atoms with Crippen molar-refractivity contribution in [3.63, 3.8) is 0 Å². The molecule has 17 heavy (non-hydrogen) atoms. The molecule has 5 heteroatoms. The van der Waals surface area contributed by atoms with Crippen LogP contribution in [-0.4, -0.2) is 17.3 Å². The molecule has 0 heterocycles. The highest BCUT2D eigenvalue weighted by Gasteiger charge is 2.16. The Labute approximate surface area is 123 Å². The van der Waals surface area contributed by atoms with E-state index in [4.69, 9.17) is 11.6 Å². The smallest absolute Gasteiger partial charge is 0.252 e. The molecule has 1 N–H and O–H groups in total. The molecule has 1 amide bonds. The molecule has 0 aliphatic heterocycles. The summed E-state index contributed by atoms with van der Waals surface area (Å²) in [6, 6.07) is 5.26. The SMILES string of the molecule is CC(CBr)C(C)NC(=O)c1ccc(Cl)cc1Br. The lowest BCUT2D eigenvalue weighted by Crippen LogP contribution is -2.37. The topological polar surface area (TPSA) is 29.1 Å². The van der Waals surface area contributed by atoms with Crippen molar-refractivity contribution < 1.29 is 4.79 Å². The Hall–Kier alpha value is -0.0600. The molecule has 1 aromatic carbocycles. The normalized spacial score (nSPS) is 14.2. The average molecular weight is 384 g/mol. The Morgan fingerprint density at radius 2 is 2.12 bits per heavy atom. The largest absolute Gasteiger partial charge is 0.349 e. The van der Waals surface area contributed by atoms with Crippen molar-refractivity contribution in [1.82, 2.24) is 5.32 Å².